The molecule has 1 N–H and O–H groups in total. The van der Waals surface area contributed by atoms with Crippen LogP contribution in [-0.2, 0) is 29.4 Å². The van der Waals surface area contributed by atoms with E-state index < -0.39 is 10.0 Å². The molecule has 2 aromatic carbocycles. The summed E-state index contributed by atoms with van der Waals surface area (Å²) in [7, 11) is -3.34. The smallest absolute Gasteiger partial charge is 0.211 e. The summed E-state index contributed by atoms with van der Waals surface area (Å²) in [4.78, 5) is 2.39. The number of sulfonamides is 1. The zero-order valence-corrected chi connectivity index (χ0v) is 18.0. The van der Waals surface area contributed by atoms with E-state index in [4.69, 9.17) is 0 Å². The molecule has 0 saturated carbocycles. The average Bonchev–Trinajstić information content (AvgIpc) is 3.28. The summed E-state index contributed by atoms with van der Waals surface area (Å²) in [5.41, 5.74) is 4.96. The first-order valence-electron chi connectivity index (χ1n) is 9.95. The van der Waals surface area contributed by atoms with Crippen LogP contribution in [0.15, 0.2) is 71.4 Å². The maximum atomic E-state index is 12.6. The van der Waals surface area contributed by atoms with Gasteiger partial charge >= 0.3 is 0 Å². The number of nitrogens with one attached hydrogen (secondary N) is 1. The zero-order chi connectivity index (χ0) is 20.1. The number of aryl methyl sites for hydroxylation is 1. The van der Waals surface area contributed by atoms with Crippen LogP contribution in [0.3, 0.4) is 0 Å². The molecule has 0 unspecified atom stereocenters. The summed E-state index contributed by atoms with van der Waals surface area (Å²) in [6.45, 7) is 2.18. The molecule has 4 rings (SSSR count). The molecular formula is C23H26N2O2S2. The van der Waals surface area contributed by atoms with Crippen molar-refractivity contribution in [2.45, 2.75) is 25.4 Å². The van der Waals surface area contributed by atoms with Crippen molar-refractivity contribution in [2.24, 2.45) is 0 Å². The van der Waals surface area contributed by atoms with Crippen molar-refractivity contribution in [3.63, 3.8) is 0 Å². The van der Waals surface area contributed by atoms with Gasteiger partial charge in [-0.2, -0.15) is 11.3 Å². The van der Waals surface area contributed by atoms with Crippen molar-refractivity contribution in [1.82, 2.24) is 9.62 Å². The van der Waals surface area contributed by atoms with E-state index in [-0.39, 0.29) is 11.8 Å². The molecule has 0 bridgehead atoms. The van der Waals surface area contributed by atoms with E-state index in [1.807, 2.05) is 30.3 Å². The van der Waals surface area contributed by atoms with Crippen molar-refractivity contribution in [1.29, 1.82) is 0 Å². The Morgan fingerprint density at radius 3 is 2.52 bits per heavy atom. The molecule has 2 heterocycles. The van der Waals surface area contributed by atoms with E-state index in [2.05, 4.69) is 50.7 Å². The second-order valence-electron chi connectivity index (χ2n) is 7.46. The molecule has 1 aromatic heterocycles. The molecule has 0 spiro atoms. The van der Waals surface area contributed by atoms with Crippen molar-refractivity contribution in [3.05, 3.63) is 93.7 Å². The van der Waals surface area contributed by atoms with Gasteiger partial charge in [-0.1, -0.05) is 54.6 Å². The Morgan fingerprint density at radius 1 is 1.00 bits per heavy atom. The fraction of sp³-hybridized carbons (Fsp3) is 0.304. The molecule has 29 heavy (non-hydrogen) atoms. The molecule has 0 amide bonds. The summed E-state index contributed by atoms with van der Waals surface area (Å²) in [6, 6.07) is 20.4. The topological polar surface area (TPSA) is 49.4 Å². The Hall–Kier alpha value is -1.99. The lowest BCUT2D eigenvalue weighted by Gasteiger charge is -2.35. The van der Waals surface area contributed by atoms with Crippen LogP contribution in [0.4, 0.5) is 0 Å². The number of rotatable bonds is 8. The van der Waals surface area contributed by atoms with Gasteiger partial charge in [0.1, 0.15) is 0 Å². The second-order valence-corrected chi connectivity index (χ2v) is 10.2. The highest BCUT2D eigenvalue weighted by molar-refractivity contribution is 7.89. The Labute approximate surface area is 177 Å². The minimum Gasteiger partial charge on any atom is -0.290 e. The molecule has 0 saturated heterocycles. The van der Waals surface area contributed by atoms with Gasteiger partial charge in [0.15, 0.2) is 0 Å². The number of nitrogens with zero attached hydrogens (tertiary/aromatic N) is 1. The largest absolute Gasteiger partial charge is 0.290 e. The number of benzene rings is 2. The molecule has 3 aromatic rings. The van der Waals surface area contributed by atoms with E-state index in [0.29, 0.717) is 13.0 Å². The van der Waals surface area contributed by atoms with Gasteiger partial charge in [-0.25, -0.2) is 13.1 Å². The molecule has 0 radical (unpaired) electrons. The average molecular weight is 427 g/mol. The van der Waals surface area contributed by atoms with Gasteiger partial charge in [-0.15, -0.1) is 0 Å². The number of hydrogen-bond donors (Lipinski definition) is 1. The molecule has 4 nitrogen and oxygen atoms in total. The van der Waals surface area contributed by atoms with Gasteiger partial charge < -0.3 is 0 Å². The first-order chi connectivity index (χ1) is 14.1. The molecule has 1 aliphatic rings. The maximum absolute atomic E-state index is 12.6. The summed E-state index contributed by atoms with van der Waals surface area (Å²) in [5.74, 6) is 0.107. The van der Waals surface area contributed by atoms with Crippen molar-refractivity contribution in [3.8, 4) is 0 Å². The van der Waals surface area contributed by atoms with E-state index in [1.54, 1.807) is 11.3 Å². The highest BCUT2D eigenvalue weighted by Gasteiger charge is 2.26. The zero-order valence-electron chi connectivity index (χ0n) is 16.3. The standard InChI is InChI=1S/C23H26N2O2S2/c26-29(27,15-12-19-6-2-1-3-7-19)24-16-23(22-11-14-28-18-22)25-13-10-20-8-4-5-9-21(20)17-25/h1-9,11,14,18,23-24H,10,12-13,15-17H2/t23-/m1/s1. The quantitative estimate of drug-likeness (QED) is 0.592. The molecular weight excluding hydrogens is 400 g/mol. The molecule has 0 aliphatic carbocycles. The third kappa shape index (κ3) is 5.34. The van der Waals surface area contributed by atoms with Crippen LogP contribution in [0.25, 0.3) is 0 Å². The van der Waals surface area contributed by atoms with Crippen LogP contribution in [0.5, 0.6) is 0 Å². The van der Waals surface area contributed by atoms with Gasteiger partial charge in [0, 0.05) is 25.7 Å². The SMILES string of the molecule is O=S(=O)(CCc1ccccc1)NC[C@H](c1ccsc1)N1CCc2ccccc2C1. The highest BCUT2D eigenvalue weighted by Crippen LogP contribution is 2.29. The van der Waals surface area contributed by atoms with Gasteiger partial charge in [-0.3, -0.25) is 4.90 Å². The molecule has 1 aliphatic heterocycles. The first-order valence-corrected chi connectivity index (χ1v) is 12.5. The third-order valence-corrected chi connectivity index (χ3v) is 7.58. The van der Waals surface area contributed by atoms with Crippen LogP contribution in [0.1, 0.15) is 28.3 Å². The highest BCUT2D eigenvalue weighted by atomic mass is 32.2. The normalized spacial score (nSPS) is 15.7. The van der Waals surface area contributed by atoms with Gasteiger partial charge in [-0.05, 0) is 51.9 Å². The summed E-state index contributed by atoms with van der Waals surface area (Å²) in [6.07, 6.45) is 1.52. The molecule has 152 valence electrons. The Balaban J connectivity index is 1.43. The van der Waals surface area contributed by atoms with E-state index in [0.717, 1.165) is 25.1 Å². The van der Waals surface area contributed by atoms with Gasteiger partial charge in [0.25, 0.3) is 0 Å². The monoisotopic (exact) mass is 426 g/mol. The van der Waals surface area contributed by atoms with Crippen LogP contribution in [-0.4, -0.2) is 32.2 Å². The summed E-state index contributed by atoms with van der Waals surface area (Å²) < 4.78 is 28.1. The predicted molar refractivity (Wildman–Crippen MR) is 120 cm³/mol. The first kappa shape index (κ1) is 20.3. The Kier molecular flexibility index (Phi) is 6.45. The minimum absolute atomic E-state index is 0.0427. The third-order valence-electron chi connectivity index (χ3n) is 5.53. The van der Waals surface area contributed by atoms with Crippen molar-refractivity contribution < 1.29 is 8.42 Å². The van der Waals surface area contributed by atoms with E-state index in [9.17, 15) is 8.42 Å². The maximum Gasteiger partial charge on any atom is 0.211 e. The van der Waals surface area contributed by atoms with E-state index in [1.165, 1.54) is 16.7 Å². The molecule has 6 heteroatoms. The molecule has 0 fully saturated rings. The van der Waals surface area contributed by atoms with Crippen LogP contribution >= 0.6 is 11.3 Å². The summed E-state index contributed by atoms with van der Waals surface area (Å²) in [5, 5.41) is 4.19. The lowest BCUT2D eigenvalue weighted by Crippen LogP contribution is -2.41. The van der Waals surface area contributed by atoms with E-state index >= 15 is 0 Å². The Morgan fingerprint density at radius 2 is 1.76 bits per heavy atom. The van der Waals surface area contributed by atoms with Crippen LogP contribution < -0.4 is 4.72 Å². The molecule has 1 atom stereocenters. The van der Waals surface area contributed by atoms with Crippen molar-refractivity contribution >= 4 is 21.4 Å². The Bertz CT molecular complexity index is 1020. The minimum atomic E-state index is -3.34. The number of hydrogen-bond acceptors (Lipinski definition) is 4. The number of thiophene rings is 1. The lowest BCUT2D eigenvalue weighted by atomic mass is 9.97. The van der Waals surface area contributed by atoms with Crippen LogP contribution in [0, 0.1) is 0 Å². The second kappa shape index (κ2) is 9.22. The fourth-order valence-electron chi connectivity index (χ4n) is 3.88. The summed E-state index contributed by atoms with van der Waals surface area (Å²) >= 11 is 1.65. The predicted octanol–water partition coefficient (Wildman–Crippen LogP) is 4.01. The van der Waals surface area contributed by atoms with Crippen molar-refractivity contribution in [2.75, 3.05) is 18.8 Å². The number of fused-ring (bicyclic) bond motifs is 1. The fourth-order valence-corrected chi connectivity index (χ4v) is 5.65. The van der Waals surface area contributed by atoms with Crippen LogP contribution in [0.2, 0.25) is 0 Å². The lowest BCUT2D eigenvalue weighted by molar-refractivity contribution is 0.181. The van der Waals surface area contributed by atoms with Gasteiger partial charge in [0.05, 0.1) is 5.75 Å². The van der Waals surface area contributed by atoms with Gasteiger partial charge in [0.2, 0.25) is 10.0 Å².